The molecule has 0 fully saturated rings. The summed E-state index contributed by atoms with van der Waals surface area (Å²) in [5.74, 6) is -0.517. The number of aromatic nitrogens is 5. The van der Waals surface area contributed by atoms with Gasteiger partial charge in [-0.3, -0.25) is 0 Å². The number of aromatic carboxylic acids is 1. The molecule has 0 bridgehead atoms. The molecule has 2 heterocycles. The molecule has 0 saturated carbocycles. The van der Waals surface area contributed by atoms with Crippen LogP contribution in [-0.2, 0) is 20.1 Å². The Morgan fingerprint density at radius 3 is 2.83 bits per heavy atom. The highest BCUT2D eigenvalue weighted by atomic mass is 35.5. The zero-order chi connectivity index (χ0) is 13.3. The van der Waals surface area contributed by atoms with Crippen molar-refractivity contribution in [2.24, 2.45) is 12.8 Å². The molecule has 3 N–H and O–H groups in total. The van der Waals surface area contributed by atoms with Crippen LogP contribution in [0.25, 0.3) is 0 Å². The molecule has 2 aromatic heterocycles. The summed E-state index contributed by atoms with van der Waals surface area (Å²) in [6.07, 6.45) is 1.51. The van der Waals surface area contributed by atoms with Crippen LogP contribution in [0.2, 0.25) is 5.15 Å². The van der Waals surface area contributed by atoms with E-state index in [-0.39, 0.29) is 18.8 Å². The van der Waals surface area contributed by atoms with Gasteiger partial charge in [0.05, 0.1) is 11.9 Å². The fourth-order valence-electron chi connectivity index (χ4n) is 1.53. The van der Waals surface area contributed by atoms with E-state index in [0.717, 1.165) is 0 Å². The molecule has 96 valence electrons. The van der Waals surface area contributed by atoms with E-state index in [4.69, 9.17) is 22.4 Å². The van der Waals surface area contributed by atoms with Crippen molar-refractivity contribution >= 4 is 17.6 Å². The topological polar surface area (TPSA) is 112 Å². The van der Waals surface area contributed by atoms with Crippen molar-refractivity contribution in [3.8, 4) is 0 Å². The quantitative estimate of drug-likeness (QED) is 0.800. The van der Waals surface area contributed by atoms with Crippen molar-refractivity contribution in [3.05, 3.63) is 28.6 Å². The van der Waals surface area contributed by atoms with Gasteiger partial charge < -0.3 is 15.4 Å². The summed E-state index contributed by atoms with van der Waals surface area (Å²) in [4.78, 5) is 15.0. The smallest absolute Gasteiger partial charge is 0.358 e. The van der Waals surface area contributed by atoms with E-state index in [9.17, 15) is 4.79 Å². The molecule has 2 rings (SSSR count). The molecule has 0 atom stereocenters. The summed E-state index contributed by atoms with van der Waals surface area (Å²) >= 11 is 5.86. The van der Waals surface area contributed by atoms with Crippen LogP contribution in [0.1, 0.15) is 22.0 Å². The molecular formula is C9H11ClN6O2. The molecule has 0 aliphatic heterocycles. The van der Waals surface area contributed by atoms with Crippen LogP contribution in [-0.4, -0.2) is 35.6 Å². The second-order valence-corrected chi connectivity index (χ2v) is 4.00. The minimum Gasteiger partial charge on any atom is -0.476 e. The first kappa shape index (κ1) is 12.5. The summed E-state index contributed by atoms with van der Waals surface area (Å²) in [5.41, 5.74) is 5.72. The zero-order valence-electron chi connectivity index (χ0n) is 9.54. The lowest BCUT2D eigenvalue weighted by molar-refractivity contribution is 0.0689. The van der Waals surface area contributed by atoms with Gasteiger partial charge in [0, 0.05) is 13.6 Å². The number of carboxylic acids is 1. The van der Waals surface area contributed by atoms with Gasteiger partial charge in [-0.15, -0.1) is 5.10 Å². The molecule has 0 aliphatic carbocycles. The number of nitrogens with two attached hydrogens (primary N) is 1. The van der Waals surface area contributed by atoms with Crippen molar-refractivity contribution in [1.29, 1.82) is 0 Å². The number of carbonyl (C=O) groups is 1. The van der Waals surface area contributed by atoms with Crippen molar-refractivity contribution in [3.63, 3.8) is 0 Å². The van der Waals surface area contributed by atoms with Gasteiger partial charge in [0.2, 0.25) is 0 Å². The van der Waals surface area contributed by atoms with Crippen LogP contribution < -0.4 is 5.73 Å². The van der Waals surface area contributed by atoms with Crippen molar-refractivity contribution in [2.45, 2.75) is 13.1 Å². The maximum Gasteiger partial charge on any atom is 0.358 e. The number of rotatable bonds is 4. The molecule has 0 aliphatic rings. The van der Waals surface area contributed by atoms with E-state index in [1.165, 1.54) is 10.9 Å². The average molecular weight is 271 g/mol. The van der Waals surface area contributed by atoms with E-state index in [1.807, 2.05) is 0 Å². The van der Waals surface area contributed by atoms with Gasteiger partial charge in [0.25, 0.3) is 0 Å². The Morgan fingerprint density at radius 1 is 1.61 bits per heavy atom. The highest BCUT2D eigenvalue weighted by molar-refractivity contribution is 6.29. The zero-order valence-corrected chi connectivity index (χ0v) is 10.3. The number of hydrogen-bond donors (Lipinski definition) is 2. The summed E-state index contributed by atoms with van der Waals surface area (Å²) in [7, 11) is 1.75. The SMILES string of the molecule is Cn1c(Cl)cnc1Cn1nnc(C(=O)O)c1CN. The van der Waals surface area contributed by atoms with Crippen LogP contribution in [0.3, 0.4) is 0 Å². The van der Waals surface area contributed by atoms with E-state index < -0.39 is 5.97 Å². The second kappa shape index (κ2) is 4.75. The van der Waals surface area contributed by atoms with Gasteiger partial charge in [0.15, 0.2) is 5.69 Å². The number of halogens is 1. The van der Waals surface area contributed by atoms with Crippen molar-refractivity contribution < 1.29 is 9.90 Å². The Kier molecular flexibility index (Phi) is 3.30. The minimum atomic E-state index is -1.15. The fraction of sp³-hybridized carbons (Fsp3) is 0.333. The van der Waals surface area contributed by atoms with E-state index >= 15 is 0 Å². The highest BCUT2D eigenvalue weighted by Crippen LogP contribution is 2.12. The number of hydrogen-bond acceptors (Lipinski definition) is 5. The molecule has 0 spiro atoms. The van der Waals surface area contributed by atoms with Gasteiger partial charge >= 0.3 is 5.97 Å². The van der Waals surface area contributed by atoms with Crippen LogP contribution in [0.5, 0.6) is 0 Å². The van der Waals surface area contributed by atoms with Gasteiger partial charge in [-0.2, -0.15) is 0 Å². The summed E-state index contributed by atoms with van der Waals surface area (Å²) in [6, 6.07) is 0. The lowest BCUT2D eigenvalue weighted by Crippen LogP contribution is -2.15. The van der Waals surface area contributed by atoms with Crippen LogP contribution in [0, 0.1) is 0 Å². The lowest BCUT2D eigenvalue weighted by Gasteiger charge is -2.05. The molecule has 18 heavy (non-hydrogen) atoms. The Morgan fingerprint density at radius 2 is 2.33 bits per heavy atom. The minimum absolute atomic E-state index is 0.0345. The molecule has 8 nitrogen and oxygen atoms in total. The summed E-state index contributed by atoms with van der Waals surface area (Å²) < 4.78 is 3.08. The molecule has 2 aromatic rings. The Balaban J connectivity index is 2.35. The third-order valence-electron chi connectivity index (χ3n) is 2.55. The van der Waals surface area contributed by atoms with Crippen molar-refractivity contribution in [1.82, 2.24) is 24.5 Å². The fourth-order valence-corrected chi connectivity index (χ4v) is 1.68. The summed E-state index contributed by atoms with van der Waals surface area (Å²) in [6.45, 7) is 0.294. The first-order valence-electron chi connectivity index (χ1n) is 5.06. The first-order chi connectivity index (χ1) is 8.54. The maximum absolute atomic E-state index is 10.9. The third kappa shape index (κ3) is 2.07. The molecule has 0 saturated heterocycles. The van der Waals surface area contributed by atoms with E-state index in [1.54, 1.807) is 11.6 Å². The molecular weight excluding hydrogens is 260 g/mol. The largest absolute Gasteiger partial charge is 0.476 e. The average Bonchev–Trinajstić information content (AvgIpc) is 2.87. The predicted molar refractivity (Wildman–Crippen MR) is 62.2 cm³/mol. The highest BCUT2D eigenvalue weighted by Gasteiger charge is 2.18. The maximum atomic E-state index is 10.9. The standard InChI is InChI=1S/C9H11ClN6O2/c1-15-6(10)3-12-7(15)4-16-5(2-11)8(9(17)18)13-14-16/h3H,2,4,11H2,1H3,(H,17,18). The molecule has 0 radical (unpaired) electrons. The number of imidazole rings is 1. The van der Waals surface area contributed by atoms with Gasteiger partial charge in [-0.1, -0.05) is 16.8 Å². The second-order valence-electron chi connectivity index (χ2n) is 3.61. The molecule has 0 aromatic carbocycles. The normalized spacial score (nSPS) is 10.8. The Labute approximate surface area is 107 Å². The number of nitrogens with zero attached hydrogens (tertiary/aromatic N) is 5. The molecule has 0 unspecified atom stereocenters. The van der Waals surface area contributed by atoms with Gasteiger partial charge in [-0.05, 0) is 0 Å². The number of carboxylic acid groups (broad SMARTS) is 1. The first-order valence-corrected chi connectivity index (χ1v) is 5.44. The van der Waals surface area contributed by atoms with Gasteiger partial charge in [-0.25, -0.2) is 14.5 Å². The van der Waals surface area contributed by atoms with Crippen molar-refractivity contribution in [2.75, 3.05) is 0 Å². The van der Waals surface area contributed by atoms with Crippen LogP contribution in [0.15, 0.2) is 6.20 Å². The third-order valence-corrected chi connectivity index (χ3v) is 2.90. The van der Waals surface area contributed by atoms with E-state index in [0.29, 0.717) is 16.7 Å². The Bertz CT molecular complexity index is 590. The predicted octanol–water partition coefficient (Wildman–Crippen LogP) is -0.130. The lowest BCUT2D eigenvalue weighted by atomic mass is 10.3. The van der Waals surface area contributed by atoms with Crippen LogP contribution in [0.4, 0.5) is 0 Å². The van der Waals surface area contributed by atoms with E-state index in [2.05, 4.69) is 15.3 Å². The van der Waals surface area contributed by atoms with Gasteiger partial charge in [0.1, 0.15) is 17.5 Å². The Hall–Kier alpha value is -1.93. The van der Waals surface area contributed by atoms with Crippen LogP contribution >= 0.6 is 11.6 Å². The monoisotopic (exact) mass is 270 g/mol. The summed E-state index contributed by atoms with van der Waals surface area (Å²) in [5, 5.41) is 16.8. The molecule has 9 heteroatoms. The molecule has 0 amide bonds.